The molecular weight excluding hydrogens is 406 g/mol. The molecule has 2 amide bonds. The first-order chi connectivity index (χ1) is 12.8. The fraction of sp³-hybridized carbons (Fsp3) is 0.0588. The summed E-state index contributed by atoms with van der Waals surface area (Å²) >= 11 is 0. The van der Waals surface area contributed by atoms with Crippen molar-refractivity contribution in [2.75, 3.05) is 10.6 Å². The molecule has 0 radical (unpaired) electrons. The monoisotopic (exact) mass is 418 g/mol. The van der Waals surface area contributed by atoms with Crippen molar-refractivity contribution in [3.8, 4) is 0 Å². The Morgan fingerprint density at radius 2 is 0.966 bits per heavy atom. The van der Waals surface area contributed by atoms with E-state index in [9.17, 15) is 29.4 Å². The first-order valence-electron chi connectivity index (χ1n) is 7.39. The Hall–Kier alpha value is -2.08. The molecule has 2 aromatic carbocycles. The predicted octanol–water partition coefficient (Wildman–Crippen LogP) is -4.93. The normalized spacial score (nSPS) is 9.10. The molecule has 0 bridgehead atoms. The van der Waals surface area contributed by atoms with Gasteiger partial charge in [0.15, 0.2) is 0 Å². The number of amides is 2. The molecule has 0 atom stereocenters. The van der Waals surface area contributed by atoms with Gasteiger partial charge in [0.1, 0.15) is 0 Å². The van der Waals surface area contributed by atoms with Gasteiger partial charge in [0.25, 0.3) is 12.3 Å². The number of carboxylic acid groups (broad SMARTS) is 2. The minimum absolute atomic E-state index is 0. The van der Waals surface area contributed by atoms with Crippen LogP contribution in [0.4, 0.5) is 30.6 Å². The van der Waals surface area contributed by atoms with E-state index >= 15 is 0 Å². The van der Waals surface area contributed by atoms with Crippen LogP contribution in [0.15, 0.2) is 48.5 Å². The third-order valence-electron chi connectivity index (χ3n) is 3.16. The summed E-state index contributed by atoms with van der Waals surface area (Å²) in [7, 11) is 0. The first-order valence-corrected chi connectivity index (χ1v) is 7.39. The minimum Gasteiger partial charge on any atom is -0.467 e. The van der Waals surface area contributed by atoms with E-state index in [-0.39, 0.29) is 59.1 Å². The molecule has 29 heavy (non-hydrogen) atoms. The van der Waals surface area contributed by atoms with Crippen LogP contribution in [-0.4, -0.2) is 24.5 Å². The van der Waals surface area contributed by atoms with E-state index in [1.165, 1.54) is 0 Å². The predicted molar refractivity (Wildman–Crippen MR) is 86.7 cm³/mol. The second-order valence-electron chi connectivity index (χ2n) is 5.10. The molecule has 0 aliphatic rings. The van der Waals surface area contributed by atoms with Gasteiger partial charge in [-0.1, -0.05) is 24.3 Å². The van der Waals surface area contributed by atoms with Gasteiger partial charge in [0, 0.05) is 11.4 Å². The Kier molecular flexibility index (Phi) is 12.3. The van der Waals surface area contributed by atoms with Gasteiger partial charge in [-0.2, -0.15) is 0 Å². The Morgan fingerprint density at radius 3 is 1.24 bits per heavy atom. The molecule has 0 saturated heterocycles. The van der Waals surface area contributed by atoms with Crippen LogP contribution >= 0.6 is 0 Å². The van der Waals surface area contributed by atoms with E-state index in [0.29, 0.717) is 17.8 Å². The molecule has 0 fully saturated rings. The third kappa shape index (κ3) is 10.3. The summed E-state index contributed by atoms with van der Waals surface area (Å²) in [6, 6.07) is 13.1. The maximum absolute atomic E-state index is 11.1. The molecule has 12 heteroatoms. The zero-order chi connectivity index (χ0) is 19.8. The van der Waals surface area contributed by atoms with Crippen LogP contribution < -0.4 is 80.0 Å². The number of carbonyl (C=O) groups excluding carboxylic acids is 4. The second-order valence-corrected chi connectivity index (χ2v) is 5.10. The van der Waals surface area contributed by atoms with Gasteiger partial charge in [-0.25, -0.2) is 9.59 Å². The summed E-state index contributed by atoms with van der Waals surface area (Å²) in [5, 5.41) is 24.7. The van der Waals surface area contributed by atoms with Crippen LogP contribution in [0.1, 0.15) is 11.1 Å². The van der Waals surface area contributed by atoms with E-state index < -0.39 is 24.5 Å². The summed E-state index contributed by atoms with van der Waals surface area (Å²) in [5.74, 6) is 0. The standard InChI is InChI=1S/C17H14N2O8.2Na/c20-14(26-16(22)23)18-12-5-1-10(2-6-12)9-11-3-7-13(8-4-11)19-15(21)27-17(24)25;;/h1-8H,9H2,(H,18,20)(H,19,21)(H,22,23)(H,24,25);;/q;2*+1/p-2. The number of nitrogens with one attached hydrogen (secondary N) is 2. The largest absolute Gasteiger partial charge is 1.00 e. The summed E-state index contributed by atoms with van der Waals surface area (Å²) in [5.41, 5.74) is 2.48. The number of hydrogen-bond donors (Lipinski definition) is 2. The molecule has 0 unspecified atom stereocenters. The summed E-state index contributed by atoms with van der Waals surface area (Å²) in [6.45, 7) is 0. The molecule has 2 rings (SSSR count). The minimum atomic E-state index is -1.95. The first kappa shape index (κ1) is 26.9. The van der Waals surface area contributed by atoms with Crippen molar-refractivity contribution in [2.24, 2.45) is 0 Å². The quantitative estimate of drug-likeness (QED) is 0.284. The Balaban J connectivity index is 0.00000392. The number of anilines is 2. The van der Waals surface area contributed by atoms with E-state index in [1.807, 2.05) is 0 Å². The van der Waals surface area contributed by atoms with Gasteiger partial charge in [-0.15, -0.1) is 0 Å². The topological polar surface area (TPSA) is 157 Å². The van der Waals surface area contributed by atoms with Gasteiger partial charge in [0.05, 0.1) is 0 Å². The van der Waals surface area contributed by atoms with Gasteiger partial charge < -0.3 is 39.9 Å². The fourth-order valence-electron chi connectivity index (χ4n) is 2.09. The van der Waals surface area contributed by atoms with Crippen molar-refractivity contribution in [3.63, 3.8) is 0 Å². The smallest absolute Gasteiger partial charge is 0.467 e. The molecule has 0 aliphatic carbocycles. The van der Waals surface area contributed by atoms with Crippen LogP contribution in [0, 0.1) is 0 Å². The van der Waals surface area contributed by atoms with Gasteiger partial charge >= 0.3 is 71.3 Å². The van der Waals surface area contributed by atoms with Crippen molar-refractivity contribution >= 4 is 35.9 Å². The van der Waals surface area contributed by atoms with Gasteiger partial charge in [-0.3, -0.25) is 0 Å². The van der Waals surface area contributed by atoms with Crippen LogP contribution in [-0.2, 0) is 15.9 Å². The molecule has 0 heterocycles. The Morgan fingerprint density at radius 1 is 0.655 bits per heavy atom. The van der Waals surface area contributed by atoms with Crippen molar-refractivity contribution < 1.29 is 98.0 Å². The number of carbonyl (C=O) groups is 4. The maximum Gasteiger partial charge on any atom is 1.00 e. The van der Waals surface area contributed by atoms with E-state index in [1.54, 1.807) is 48.5 Å². The number of rotatable bonds is 4. The van der Waals surface area contributed by atoms with E-state index in [2.05, 4.69) is 20.1 Å². The average molecular weight is 418 g/mol. The Labute approximate surface area is 209 Å². The van der Waals surface area contributed by atoms with E-state index in [0.717, 1.165) is 11.1 Å². The summed E-state index contributed by atoms with van der Waals surface area (Å²) in [6.07, 6.45) is -5.69. The zero-order valence-corrected chi connectivity index (χ0v) is 19.6. The molecule has 10 nitrogen and oxygen atoms in total. The fourth-order valence-corrected chi connectivity index (χ4v) is 2.09. The maximum atomic E-state index is 11.1. The number of hydrogen-bond acceptors (Lipinski definition) is 8. The van der Waals surface area contributed by atoms with Crippen molar-refractivity contribution in [1.29, 1.82) is 0 Å². The molecule has 2 N–H and O–H groups in total. The van der Waals surface area contributed by atoms with Crippen LogP contribution in [0.25, 0.3) is 0 Å². The molecule has 2 aromatic rings. The SMILES string of the molecule is O=C([O-])OC(=O)Nc1ccc(Cc2ccc(NC(=O)OC(=O)[O-])cc2)cc1.[Na+].[Na+]. The van der Waals surface area contributed by atoms with Crippen molar-refractivity contribution in [1.82, 2.24) is 0 Å². The van der Waals surface area contributed by atoms with Gasteiger partial charge in [0.2, 0.25) is 0 Å². The number of ether oxygens (including phenoxy) is 2. The average Bonchev–Trinajstić information content (AvgIpc) is 2.57. The third-order valence-corrected chi connectivity index (χ3v) is 3.16. The summed E-state index contributed by atoms with van der Waals surface area (Å²) in [4.78, 5) is 42.5. The molecular formula is C17H12N2Na2O8. The molecule has 140 valence electrons. The summed E-state index contributed by atoms with van der Waals surface area (Å²) < 4.78 is 7.64. The van der Waals surface area contributed by atoms with E-state index in [4.69, 9.17) is 0 Å². The van der Waals surface area contributed by atoms with Gasteiger partial charge in [-0.05, 0) is 41.8 Å². The number of benzene rings is 2. The second kappa shape index (κ2) is 13.2. The molecule has 0 aliphatic heterocycles. The molecule has 0 saturated carbocycles. The van der Waals surface area contributed by atoms with Crippen LogP contribution in [0.5, 0.6) is 0 Å². The molecule has 0 aromatic heterocycles. The Bertz CT molecular complexity index is 785. The zero-order valence-electron chi connectivity index (χ0n) is 15.6. The van der Waals surface area contributed by atoms with Crippen molar-refractivity contribution in [2.45, 2.75) is 6.42 Å². The molecule has 0 spiro atoms. The van der Waals surface area contributed by atoms with Crippen LogP contribution in [0.2, 0.25) is 0 Å². The van der Waals surface area contributed by atoms with Crippen molar-refractivity contribution in [3.05, 3.63) is 59.7 Å². The van der Waals surface area contributed by atoms with Crippen LogP contribution in [0.3, 0.4) is 0 Å².